The molecule has 0 unspecified atom stereocenters. The number of aromatic carboxylic acids is 1. The highest BCUT2D eigenvalue weighted by Gasteiger charge is 2.27. The second-order valence-corrected chi connectivity index (χ2v) is 3.82. The van der Waals surface area contributed by atoms with Crippen LogP contribution in [0.3, 0.4) is 0 Å². The van der Waals surface area contributed by atoms with Crippen LogP contribution in [-0.2, 0) is 0 Å². The average molecular weight is 294 g/mol. The molecule has 1 aromatic carbocycles. The maximum Gasteiger partial charge on any atom is 0.357 e. The monoisotopic (exact) mass is 293 g/mol. The van der Waals surface area contributed by atoms with E-state index < -0.39 is 17.4 Å². The Labute approximate surface area is 120 Å². The largest absolute Gasteiger partial charge is 0.476 e. The van der Waals surface area contributed by atoms with Gasteiger partial charge in [-0.1, -0.05) is 41.9 Å². The summed E-state index contributed by atoms with van der Waals surface area (Å²) in [5.74, 6) is 3.46. The lowest BCUT2D eigenvalue weighted by atomic mass is 10.0. The van der Waals surface area contributed by atoms with Crippen molar-refractivity contribution in [3.05, 3.63) is 65.5 Å². The third-order valence-corrected chi connectivity index (χ3v) is 2.68. The summed E-state index contributed by atoms with van der Waals surface area (Å²) < 4.78 is 0. The van der Waals surface area contributed by atoms with E-state index in [1.54, 1.807) is 30.3 Å². The highest BCUT2D eigenvalue weighted by atomic mass is 35.5. The van der Waals surface area contributed by atoms with Crippen molar-refractivity contribution < 1.29 is 14.7 Å². The van der Waals surface area contributed by atoms with Gasteiger partial charge in [0.25, 0.3) is 0 Å². The number of carboxylic acid groups (broad SMARTS) is 1. The minimum atomic E-state index is -1.36. The minimum Gasteiger partial charge on any atom is -0.476 e. The van der Waals surface area contributed by atoms with Crippen LogP contribution in [-0.4, -0.2) is 26.7 Å². The van der Waals surface area contributed by atoms with E-state index in [0.717, 1.165) is 0 Å². The van der Waals surface area contributed by atoms with E-state index in [2.05, 4.69) is 18.3 Å². The van der Waals surface area contributed by atoms with Crippen molar-refractivity contribution in [1.29, 1.82) is 0 Å². The number of hydrogen-bond acceptors (Lipinski definition) is 4. The lowest BCUT2D eigenvalue weighted by molar-refractivity contribution is 0.0686. The smallest absolute Gasteiger partial charge is 0.357 e. The van der Waals surface area contributed by atoms with Gasteiger partial charge in [-0.15, -0.1) is 18.3 Å². The third-order valence-electron chi connectivity index (χ3n) is 2.32. The molecule has 2 aromatic rings. The molecule has 0 fully saturated rings. The van der Waals surface area contributed by atoms with Gasteiger partial charge in [0.15, 0.2) is 16.6 Å². The number of nitrogens with two attached hydrogens (primary N) is 1. The first-order valence-corrected chi connectivity index (χ1v) is 5.76. The van der Waals surface area contributed by atoms with Crippen molar-refractivity contribution in [3.8, 4) is 0 Å². The van der Waals surface area contributed by atoms with Gasteiger partial charge in [-0.2, -0.15) is 4.79 Å². The Morgan fingerprint density at radius 2 is 1.80 bits per heavy atom. The van der Waals surface area contributed by atoms with Crippen LogP contribution >= 0.6 is 11.6 Å². The van der Waals surface area contributed by atoms with E-state index in [9.17, 15) is 9.59 Å². The van der Waals surface area contributed by atoms with E-state index in [0.29, 0.717) is 10.4 Å². The van der Waals surface area contributed by atoms with Gasteiger partial charge in [-0.05, 0) is 0 Å². The zero-order valence-corrected chi connectivity index (χ0v) is 11.2. The van der Waals surface area contributed by atoms with Crippen molar-refractivity contribution in [2.24, 2.45) is 0 Å². The van der Waals surface area contributed by atoms with E-state index in [1.807, 2.05) is 0 Å². The summed E-state index contributed by atoms with van der Waals surface area (Å²) in [4.78, 5) is 23.8. The fraction of sp³-hybridized carbons (Fsp3) is 0. The fourth-order valence-corrected chi connectivity index (χ4v) is 1.71. The van der Waals surface area contributed by atoms with Crippen molar-refractivity contribution in [2.45, 2.75) is 0 Å². The molecule has 0 aliphatic heterocycles. The molecule has 1 aromatic heterocycles. The quantitative estimate of drug-likeness (QED) is 0.512. The molecule has 7 heteroatoms. The third kappa shape index (κ3) is 2.86. The lowest BCUT2D eigenvalue weighted by Gasteiger charge is -2.00. The molecule has 0 atom stereocenters. The van der Waals surface area contributed by atoms with Gasteiger partial charge in [0, 0.05) is 5.56 Å². The van der Waals surface area contributed by atoms with Crippen LogP contribution in [0.15, 0.2) is 43.5 Å². The second-order valence-electron chi connectivity index (χ2n) is 3.46. The maximum atomic E-state index is 12.1. The molecule has 3 N–H and O–H groups in total. The molecule has 6 nitrogen and oxygen atoms in total. The summed E-state index contributed by atoms with van der Waals surface area (Å²) in [6.45, 7) is 6.00. The maximum absolute atomic E-state index is 12.1. The van der Waals surface area contributed by atoms with Gasteiger partial charge in [0.2, 0.25) is 0 Å². The van der Waals surface area contributed by atoms with E-state index in [1.165, 1.54) is 0 Å². The van der Waals surface area contributed by atoms with Crippen LogP contribution in [0.5, 0.6) is 0 Å². The van der Waals surface area contributed by atoms with Crippen molar-refractivity contribution >= 4 is 23.4 Å². The molecular formula is C13H12ClN3O3. The van der Waals surface area contributed by atoms with Crippen LogP contribution in [0.25, 0.3) is 0 Å². The SMILES string of the molecule is C=C.Nn1nc(C(=O)O)c(C(=O)c2ccccc2)c1Cl. The second kappa shape index (κ2) is 6.53. The number of carbonyl (C=O) groups is 2. The van der Waals surface area contributed by atoms with E-state index in [-0.39, 0.29) is 10.7 Å². The first-order chi connectivity index (χ1) is 9.52. The predicted molar refractivity (Wildman–Crippen MR) is 75.5 cm³/mol. The topological polar surface area (TPSA) is 98.2 Å². The number of aromatic nitrogens is 2. The molecular weight excluding hydrogens is 282 g/mol. The summed E-state index contributed by atoms with van der Waals surface area (Å²) in [6, 6.07) is 8.17. The molecule has 0 bridgehead atoms. The van der Waals surface area contributed by atoms with Crippen molar-refractivity contribution in [1.82, 2.24) is 9.89 Å². The Morgan fingerprint density at radius 1 is 1.25 bits per heavy atom. The van der Waals surface area contributed by atoms with Crippen LogP contribution in [0, 0.1) is 0 Å². The predicted octanol–water partition coefficient (Wildman–Crippen LogP) is 1.98. The number of hydrogen-bond donors (Lipinski definition) is 2. The summed E-state index contributed by atoms with van der Waals surface area (Å²) in [5.41, 5.74) is -0.357. The number of nitrogen functional groups attached to an aromatic ring is 1. The molecule has 1 heterocycles. The lowest BCUT2D eigenvalue weighted by Crippen LogP contribution is -2.11. The van der Waals surface area contributed by atoms with Crippen molar-refractivity contribution in [2.75, 3.05) is 5.84 Å². The molecule has 0 radical (unpaired) electrons. The molecule has 0 saturated carbocycles. The highest BCUT2D eigenvalue weighted by Crippen LogP contribution is 2.22. The number of carbonyl (C=O) groups excluding carboxylic acids is 1. The molecule has 104 valence electrons. The van der Waals surface area contributed by atoms with Crippen LogP contribution in [0.4, 0.5) is 0 Å². The van der Waals surface area contributed by atoms with Gasteiger partial charge in [-0.3, -0.25) is 4.79 Å². The fourth-order valence-electron chi connectivity index (χ4n) is 1.50. The minimum absolute atomic E-state index is 0.207. The molecule has 0 spiro atoms. The van der Waals surface area contributed by atoms with Gasteiger partial charge in [0.1, 0.15) is 0 Å². The van der Waals surface area contributed by atoms with Gasteiger partial charge in [0.05, 0.1) is 5.56 Å². The Bertz CT molecular complexity index is 638. The van der Waals surface area contributed by atoms with E-state index in [4.69, 9.17) is 22.6 Å². The molecule has 0 aliphatic carbocycles. The first kappa shape index (κ1) is 15.5. The Balaban J connectivity index is 0.000000956. The van der Waals surface area contributed by atoms with Gasteiger partial charge in [-0.25, -0.2) is 4.79 Å². The zero-order valence-electron chi connectivity index (χ0n) is 10.4. The Morgan fingerprint density at radius 3 is 2.30 bits per heavy atom. The Kier molecular flexibility index (Phi) is 5.05. The standard InChI is InChI=1S/C11H8ClN3O3.C2H4/c12-10-7(8(11(17)18)14-15(10)13)9(16)6-4-2-1-3-5-6;1-2/h1-5H,13H2,(H,17,18);1-2H2. The summed E-state index contributed by atoms with van der Waals surface area (Å²) in [5, 5.41) is 12.2. The normalized spacial score (nSPS) is 9.45. The van der Waals surface area contributed by atoms with Gasteiger partial charge >= 0.3 is 5.97 Å². The number of rotatable bonds is 3. The highest BCUT2D eigenvalue weighted by molar-refractivity contribution is 6.35. The first-order valence-electron chi connectivity index (χ1n) is 5.39. The summed E-state index contributed by atoms with van der Waals surface area (Å²) in [7, 11) is 0. The number of nitrogens with zero attached hydrogens (tertiary/aromatic N) is 2. The number of halogens is 1. The van der Waals surface area contributed by atoms with Gasteiger partial charge < -0.3 is 10.9 Å². The number of carboxylic acids is 1. The number of ketones is 1. The molecule has 0 saturated heterocycles. The average Bonchev–Trinajstić information content (AvgIpc) is 2.77. The zero-order chi connectivity index (χ0) is 15.3. The van der Waals surface area contributed by atoms with E-state index >= 15 is 0 Å². The van der Waals surface area contributed by atoms with Crippen LogP contribution in [0.2, 0.25) is 5.15 Å². The molecule has 0 amide bonds. The molecule has 2 rings (SSSR count). The number of benzene rings is 1. The summed E-state index contributed by atoms with van der Waals surface area (Å²) in [6.07, 6.45) is 0. The molecule has 20 heavy (non-hydrogen) atoms. The van der Waals surface area contributed by atoms with Crippen LogP contribution < -0.4 is 5.84 Å². The van der Waals surface area contributed by atoms with Crippen LogP contribution in [0.1, 0.15) is 26.4 Å². The Hall–Kier alpha value is -2.60. The molecule has 0 aliphatic rings. The summed E-state index contributed by atoms with van der Waals surface area (Å²) >= 11 is 5.79. The van der Waals surface area contributed by atoms with Crippen molar-refractivity contribution in [3.63, 3.8) is 0 Å².